The van der Waals surface area contributed by atoms with Crippen LogP contribution in [0.25, 0.3) is 0 Å². The molecule has 0 bridgehead atoms. The Hall–Kier alpha value is -1.08. The molecule has 1 N–H and O–H groups in total. The fourth-order valence-corrected chi connectivity index (χ4v) is 3.75. The van der Waals surface area contributed by atoms with Gasteiger partial charge < -0.3 is 4.74 Å². The van der Waals surface area contributed by atoms with Gasteiger partial charge in [-0.2, -0.15) is 5.10 Å². The van der Waals surface area contributed by atoms with E-state index in [-0.39, 0.29) is 6.61 Å². The lowest BCUT2D eigenvalue weighted by atomic mass is 10.2. The Morgan fingerprint density at radius 3 is 2.79 bits per heavy atom. The number of halogens is 4. The number of carbonyl (C=O) groups is 1. The number of hydrogen-bond acceptors (Lipinski definition) is 3. The van der Waals surface area contributed by atoms with Crippen molar-refractivity contribution in [2.45, 2.75) is 6.92 Å². The maximum atomic E-state index is 11.8. The zero-order valence-corrected chi connectivity index (χ0v) is 17.1. The van der Waals surface area contributed by atoms with E-state index in [0.29, 0.717) is 21.4 Å². The number of rotatable bonds is 5. The van der Waals surface area contributed by atoms with Crippen LogP contribution in [0.5, 0.6) is 5.75 Å². The van der Waals surface area contributed by atoms with Crippen LogP contribution in [0.3, 0.4) is 0 Å². The first-order valence-electron chi connectivity index (χ1n) is 6.73. The quantitative estimate of drug-likeness (QED) is 0.449. The number of amides is 1. The highest BCUT2D eigenvalue weighted by molar-refractivity contribution is 9.11. The summed E-state index contributed by atoms with van der Waals surface area (Å²) in [5.41, 5.74) is 3.89. The SMILES string of the molecule is Cc1cc(Br)cc(Br)c1OCC(=O)NN=Cc1cccc(Cl)c1Cl. The summed E-state index contributed by atoms with van der Waals surface area (Å²) in [7, 11) is 0. The molecule has 0 aliphatic carbocycles. The molecule has 4 nitrogen and oxygen atoms in total. The summed E-state index contributed by atoms with van der Waals surface area (Å²) in [4.78, 5) is 11.8. The lowest BCUT2D eigenvalue weighted by Gasteiger charge is -2.10. The minimum Gasteiger partial charge on any atom is -0.482 e. The summed E-state index contributed by atoms with van der Waals surface area (Å²) in [6.07, 6.45) is 1.42. The van der Waals surface area contributed by atoms with E-state index >= 15 is 0 Å². The molecule has 0 aromatic heterocycles. The van der Waals surface area contributed by atoms with Gasteiger partial charge in [-0.05, 0) is 46.6 Å². The molecule has 0 heterocycles. The topological polar surface area (TPSA) is 50.7 Å². The maximum Gasteiger partial charge on any atom is 0.277 e. The van der Waals surface area contributed by atoms with Gasteiger partial charge in [-0.25, -0.2) is 5.43 Å². The number of carbonyl (C=O) groups excluding carboxylic acids is 1. The van der Waals surface area contributed by atoms with Gasteiger partial charge in [-0.1, -0.05) is 51.3 Å². The lowest BCUT2D eigenvalue weighted by molar-refractivity contribution is -0.123. The Kier molecular flexibility index (Phi) is 7.10. The molecule has 0 spiro atoms. The third kappa shape index (κ3) is 5.21. The van der Waals surface area contributed by atoms with Crippen LogP contribution < -0.4 is 10.2 Å². The van der Waals surface area contributed by atoms with Crippen LogP contribution in [0.2, 0.25) is 10.0 Å². The Morgan fingerprint density at radius 2 is 2.08 bits per heavy atom. The molecular weight excluding hydrogens is 483 g/mol. The van der Waals surface area contributed by atoms with E-state index in [1.54, 1.807) is 18.2 Å². The van der Waals surface area contributed by atoms with Gasteiger partial charge in [-0.3, -0.25) is 4.79 Å². The van der Waals surface area contributed by atoms with E-state index in [9.17, 15) is 4.79 Å². The van der Waals surface area contributed by atoms with Gasteiger partial charge >= 0.3 is 0 Å². The molecule has 0 saturated heterocycles. The van der Waals surface area contributed by atoms with E-state index in [0.717, 1.165) is 14.5 Å². The Bertz CT molecular complexity index is 775. The zero-order chi connectivity index (χ0) is 17.7. The average molecular weight is 495 g/mol. The zero-order valence-electron chi connectivity index (χ0n) is 12.4. The third-order valence-corrected chi connectivity index (χ3v) is 4.80. The van der Waals surface area contributed by atoms with Gasteiger partial charge in [0.25, 0.3) is 5.91 Å². The lowest BCUT2D eigenvalue weighted by Crippen LogP contribution is -2.24. The highest BCUT2D eigenvalue weighted by Gasteiger charge is 2.09. The maximum absolute atomic E-state index is 11.8. The van der Waals surface area contributed by atoms with Gasteiger partial charge in [0.05, 0.1) is 20.7 Å². The van der Waals surface area contributed by atoms with Crippen molar-refractivity contribution in [2.24, 2.45) is 5.10 Å². The van der Waals surface area contributed by atoms with Gasteiger partial charge in [0.15, 0.2) is 6.61 Å². The van der Waals surface area contributed by atoms with E-state index in [1.807, 2.05) is 19.1 Å². The number of hydrogen-bond donors (Lipinski definition) is 1. The first kappa shape index (κ1) is 19.2. The number of hydrazone groups is 1. The molecule has 0 aliphatic rings. The summed E-state index contributed by atoms with van der Waals surface area (Å²) in [6, 6.07) is 8.90. The second kappa shape index (κ2) is 8.85. The Morgan fingerprint density at radius 1 is 1.33 bits per heavy atom. The summed E-state index contributed by atoms with van der Waals surface area (Å²) in [6.45, 7) is 1.73. The van der Waals surface area contributed by atoms with E-state index in [1.165, 1.54) is 6.21 Å². The standard InChI is InChI=1S/C16H12Br2Cl2N2O2/c1-9-5-11(17)6-12(18)16(9)24-8-14(23)22-21-7-10-3-2-4-13(19)15(10)20/h2-7H,8H2,1H3,(H,22,23). The third-order valence-electron chi connectivity index (χ3n) is 2.92. The van der Waals surface area contributed by atoms with Crippen molar-refractivity contribution in [3.8, 4) is 5.75 Å². The van der Waals surface area contributed by atoms with Crippen molar-refractivity contribution in [1.82, 2.24) is 5.43 Å². The second-order valence-electron chi connectivity index (χ2n) is 4.76. The monoisotopic (exact) mass is 492 g/mol. The number of aryl methyl sites for hydroxylation is 1. The molecule has 8 heteroatoms. The van der Waals surface area contributed by atoms with Crippen molar-refractivity contribution in [3.63, 3.8) is 0 Å². The largest absolute Gasteiger partial charge is 0.482 e. The van der Waals surface area contributed by atoms with Gasteiger partial charge in [0.2, 0.25) is 0 Å². The number of benzene rings is 2. The van der Waals surface area contributed by atoms with Crippen LogP contribution in [0.1, 0.15) is 11.1 Å². The molecule has 0 aliphatic heterocycles. The van der Waals surface area contributed by atoms with E-state index in [2.05, 4.69) is 42.4 Å². The number of nitrogens with zero attached hydrogens (tertiary/aromatic N) is 1. The first-order chi connectivity index (χ1) is 11.4. The van der Waals surface area contributed by atoms with Gasteiger partial charge in [0.1, 0.15) is 5.75 Å². The highest BCUT2D eigenvalue weighted by atomic mass is 79.9. The van der Waals surface area contributed by atoms with Gasteiger partial charge in [-0.15, -0.1) is 0 Å². The van der Waals surface area contributed by atoms with Crippen LogP contribution in [0.4, 0.5) is 0 Å². The highest BCUT2D eigenvalue weighted by Crippen LogP contribution is 2.32. The molecular formula is C16H12Br2Cl2N2O2. The molecule has 126 valence electrons. The Labute approximate surface area is 166 Å². The molecule has 0 atom stereocenters. The van der Waals surface area contributed by atoms with Crippen molar-refractivity contribution >= 4 is 67.2 Å². The smallest absolute Gasteiger partial charge is 0.277 e. The molecule has 1 amide bonds. The number of nitrogens with one attached hydrogen (secondary N) is 1. The molecule has 24 heavy (non-hydrogen) atoms. The molecule has 2 aromatic rings. The predicted molar refractivity (Wildman–Crippen MR) is 104 cm³/mol. The minimum absolute atomic E-state index is 0.165. The van der Waals surface area contributed by atoms with E-state index in [4.69, 9.17) is 27.9 Å². The van der Waals surface area contributed by atoms with Crippen LogP contribution in [0.15, 0.2) is 44.4 Å². The average Bonchev–Trinajstić information content (AvgIpc) is 2.50. The fraction of sp³-hybridized carbons (Fsp3) is 0.125. The van der Waals surface area contributed by atoms with Crippen LogP contribution >= 0.6 is 55.1 Å². The first-order valence-corrected chi connectivity index (χ1v) is 9.07. The second-order valence-corrected chi connectivity index (χ2v) is 7.31. The van der Waals surface area contributed by atoms with Gasteiger partial charge in [0, 0.05) is 10.0 Å². The van der Waals surface area contributed by atoms with Crippen LogP contribution in [-0.4, -0.2) is 18.7 Å². The van der Waals surface area contributed by atoms with Crippen molar-refractivity contribution < 1.29 is 9.53 Å². The molecule has 0 unspecified atom stereocenters. The molecule has 2 aromatic carbocycles. The van der Waals surface area contributed by atoms with Crippen molar-refractivity contribution in [2.75, 3.05) is 6.61 Å². The van der Waals surface area contributed by atoms with Crippen LogP contribution in [0, 0.1) is 6.92 Å². The van der Waals surface area contributed by atoms with E-state index < -0.39 is 5.91 Å². The molecule has 0 fully saturated rings. The summed E-state index contributed by atoms with van der Waals surface area (Å²) in [5, 5.41) is 4.65. The van der Waals surface area contributed by atoms with Crippen molar-refractivity contribution in [3.05, 3.63) is 60.4 Å². The molecule has 0 saturated carbocycles. The predicted octanol–water partition coefficient (Wildman–Crippen LogP) is 5.36. The fourth-order valence-electron chi connectivity index (χ4n) is 1.84. The minimum atomic E-state index is -0.390. The van der Waals surface area contributed by atoms with Crippen molar-refractivity contribution in [1.29, 1.82) is 0 Å². The molecule has 2 rings (SSSR count). The normalized spacial score (nSPS) is 10.9. The van der Waals surface area contributed by atoms with Crippen LogP contribution in [-0.2, 0) is 4.79 Å². The summed E-state index contributed by atoms with van der Waals surface area (Å²) < 4.78 is 7.21. The summed E-state index contributed by atoms with van der Waals surface area (Å²) >= 11 is 18.7. The molecule has 0 radical (unpaired) electrons. The number of ether oxygens (including phenoxy) is 1. The Balaban J connectivity index is 1.92. The summed E-state index contributed by atoms with van der Waals surface area (Å²) in [5.74, 6) is 0.217.